The van der Waals surface area contributed by atoms with Crippen molar-refractivity contribution in [3.63, 3.8) is 0 Å². The number of ether oxygens (including phenoxy) is 1. The standard InChI is InChI=1S/C21H24N2O5/c1-28-21(27)10-9-19(24)23-18(13-20(25)26)11-14-5-7-15(8-6-14)16-3-2-4-17(22)12-16/h2-8,12,18H,9-11,13,22H2,1H3,(H,23,24)(H,25,26)/t18-/m1/s1. The van der Waals surface area contributed by atoms with Gasteiger partial charge in [0, 0.05) is 18.2 Å². The van der Waals surface area contributed by atoms with E-state index in [4.69, 9.17) is 10.8 Å². The monoisotopic (exact) mass is 384 g/mol. The number of carboxylic acids is 1. The first kappa shape index (κ1) is 21.0. The summed E-state index contributed by atoms with van der Waals surface area (Å²) in [6.45, 7) is 0. The lowest BCUT2D eigenvalue weighted by Crippen LogP contribution is -2.38. The van der Waals surface area contributed by atoms with Crippen molar-refractivity contribution in [1.29, 1.82) is 0 Å². The lowest BCUT2D eigenvalue weighted by Gasteiger charge is -2.17. The first-order valence-corrected chi connectivity index (χ1v) is 8.90. The molecule has 0 aromatic heterocycles. The molecule has 148 valence electrons. The van der Waals surface area contributed by atoms with Gasteiger partial charge in [-0.2, -0.15) is 0 Å². The van der Waals surface area contributed by atoms with Crippen molar-refractivity contribution in [1.82, 2.24) is 5.32 Å². The zero-order chi connectivity index (χ0) is 20.5. The number of nitrogens with two attached hydrogens (primary N) is 1. The second-order valence-corrected chi connectivity index (χ2v) is 6.46. The Morgan fingerprint density at radius 1 is 1.07 bits per heavy atom. The van der Waals surface area contributed by atoms with E-state index < -0.39 is 18.0 Å². The molecule has 2 rings (SSSR count). The van der Waals surface area contributed by atoms with Gasteiger partial charge in [0.1, 0.15) is 0 Å². The molecule has 1 amide bonds. The van der Waals surface area contributed by atoms with Gasteiger partial charge in [0.05, 0.1) is 20.0 Å². The molecule has 28 heavy (non-hydrogen) atoms. The summed E-state index contributed by atoms with van der Waals surface area (Å²) in [7, 11) is 1.25. The largest absolute Gasteiger partial charge is 0.481 e. The number of carboxylic acid groups (broad SMARTS) is 1. The van der Waals surface area contributed by atoms with Crippen LogP contribution in [0.2, 0.25) is 0 Å². The molecule has 0 saturated carbocycles. The fourth-order valence-electron chi connectivity index (χ4n) is 2.84. The zero-order valence-electron chi connectivity index (χ0n) is 15.7. The molecule has 0 aliphatic heterocycles. The van der Waals surface area contributed by atoms with Crippen molar-refractivity contribution < 1.29 is 24.2 Å². The number of carbonyl (C=O) groups excluding carboxylic acids is 2. The topological polar surface area (TPSA) is 119 Å². The van der Waals surface area contributed by atoms with Crippen molar-refractivity contribution in [3.05, 3.63) is 54.1 Å². The molecule has 7 heteroatoms. The van der Waals surface area contributed by atoms with Crippen molar-refractivity contribution in [2.75, 3.05) is 12.8 Å². The highest BCUT2D eigenvalue weighted by molar-refractivity contribution is 5.82. The molecule has 0 radical (unpaired) electrons. The molecule has 7 nitrogen and oxygen atoms in total. The SMILES string of the molecule is COC(=O)CCC(=O)N[C@@H](CC(=O)O)Cc1ccc(-c2cccc(N)c2)cc1. The number of esters is 1. The minimum Gasteiger partial charge on any atom is -0.481 e. The predicted molar refractivity (Wildman–Crippen MR) is 105 cm³/mol. The van der Waals surface area contributed by atoms with Gasteiger partial charge in [-0.1, -0.05) is 36.4 Å². The molecule has 2 aromatic rings. The molecule has 1 atom stereocenters. The molecule has 0 unspecified atom stereocenters. The van der Waals surface area contributed by atoms with Crippen LogP contribution < -0.4 is 11.1 Å². The van der Waals surface area contributed by atoms with Crippen LogP contribution in [0.5, 0.6) is 0 Å². The van der Waals surface area contributed by atoms with Gasteiger partial charge in [0.25, 0.3) is 0 Å². The maximum absolute atomic E-state index is 12.0. The molecule has 0 spiro atoms. The minimum atomic E-state index is -1.00. The predicted octanol–water partition coefficient (Wildman–Crippen LogP) is 2.39. The van der Waals surface area contributed by atoms with E-state index in [1.165, 1.54) is 7.11 Å². The number of anilines is 1. The number of hydrogen-bond donors (Lipinski definition) is 3. The summed E-state index contributed by atoms with van der Waals surface area (Å²) in [5.74, 6) is -1.87. The van der Waals surface area contributed by atoms with E-state index in [0.717, 1.165) is 16.7 Å². The van der Waals surface area contributed by atoms with Crippen LogP contribution in [-0.2, 0) is 25.5 Å². The maximum atomic E-state index is 12.0. The molecule has 0 fully saturated rings. The highest BCUT2D eigenvalue weighted by atomic mass is 16.5. The quantitative estimate of drug-likeness (QED) is 0.451. The fourth-order valence-corrected chi connectivity index (χ4v) is 2.84. The van der Waals surface area contributed by atoms with Gasteiger partial charge in [-0.15, -0.1) is 0 Å². The van der Waals surface area contributed by atoms with Gasteiger partial charge in [-0.3, -0.25) is 14.4 Å². The van der Waals surface area contributed by atoms with Gasteiger partial charge in [-0.25, -0.2) is 0 Å². The van der Waals surface area contributed by atoms with E-state index in [0.29, 0.717) is 12.1 Å². The highest BCUT2D eigenvalue weighted by Crippen LogP contribution is 2.22. The van der Waals surface area contributed by atoms with Crippen LogP contribution in [0.1, 0.15) is 24.8 Å². The van der Waals surface area contributed by atoms with Crippen molar-refractivity contribution >= 4 is 23.5 Å². The van der Waals surface area contributed by atoms with E-state index in [-0.39, 0.29) is 25.2 Å². The lowest BCUT2D eigenvalue weighted by atomic mass is 9.99. The van der Waals surface area contributed by atoms with E-state index in [1.807, 2.05) is 48.5 Å². The summed E-state index contributed by atoms with van der Waals surface area (Å²) in [4.78, 5) is 34.3. The molecule has 0 aliphatic rings. The number of benzene rings is 2. The van der Waals surface area contributed by atoms with E-state index in [9.17, 15) is 14.4 Å². The number of nitrogen functional groups attached to an aromatic ring is 1. The molecular formula is C21H24N2O5. The Balaban J connectivity index is 2.02. The average Bonchev–Trinajstić information content (AvgIpc) is 2.66. The van der Waals surface area contributed by atoms with Gasteiger partial charge < -0.3 is 20.9 Å². The number of carbonyl (C=O) groups is 3. The van der Waals surface area contributed by atoms with Crippen molar-refractivity contribution in [3.8, 4) is 11.1 Å². The second kappa shape index (κ2) is 10.1. The van der Waals surface area contributed by atoms with Gasteiger partial charge >= 0.3 is 11.9 Å². The number of nitrogens with one attached hydrogen (secondary N) is 1. The Bertz CT molecular complexity index is 833. The van der Waals surface area contributed by atoms with E-state index in [1.54, 1.807) is 0 Å². The van der Waals surface area contributed by atoms with Crippen LogP contribution in [0.3, 0.4) is 0 Å². The van der Waals surface area contributed by atoms with Crippen LogP contribution in [-0.4, -0.2) is 36.1 Å². The van der Waals surface area contributed by atoms with Crippen LogP contribution in [0.4, 0.5) is 5.69 Å². The highest BCUT2D eigenvalue weighted by Gasteiger charge is 2.17. The number of hydrogen-bond acceptors (Lipinski definition) is 5. The molecule has 0 heterocycles. The Hall–Kier alpha value is -3.35. The van der Waals surface area contributed by atoms with E-state index in [2.05, 4.69) is 10.1 Å². The second-order valence-electron chi connectivity index (χ2n) is 6.46. The molecule has 4 N–H and O–H groups in total. The third-order valence-electron chi connectivity index (χ3n) is 4.23. The normalized spacial score (nSPS) is 11.5. The Kier molecular flexibility index (Phi) is 7.56. The lowest BCUT2D eigenvalue weighted by molar-refractivity contribution is -0.142. The summed E-state index contributed by atoms with van der Waals surface area (Å²) < 4.78 is 4.50. The average molecular weight is 384 g/mol. The van der Waals surface area contributed by atoms with Crippen LogP contribution in [0, 0.1) is 0 Å². The number of methoxy groups -OCH3 is 1. The summed E-state index contributed by atoms with van der Waals surface area (Å²) in [6, 6.07) is 14.6. The smallest absolute Gasteiger partial charge is 0.306 e. The third-order valence-corrected chi connectivity index (χ3v) is 4.23. The Morgan fingerprint density at radius 3 is 2.39 bits per heavy atom. The van der Waals surface area contributed by atoms with Crippen LogP contribution in [0.15, 0.2) is 48.5 Å². The Morgan fingerprint density at radius 2 is 1.79 bits per heavy atom. The van der Waals surface area contributed by atoms with E-state index >= 15 is 0 Å². The molecule has 0 bridgehead atoms. The number of aliphatic carboxylic acids is 1. The maximum Gasteiger partial charge on any atom is 0.306 e. The summed E-state index contributed by atoms with van der Waals surface area (Å²) in [6.07, 6.45) is 0.0720. The molecular weight excluding hydrogens is 360 g/mol. The van der Waals surface area contributed by atoms with Gasteiger partial charge in [0.15, 0.2) is 0 Å². The molecule has 0 saturated heterocycles. The third kappa shape index (κ3) is 6.75. The number of amides is 1. The van der Waals surface area contributed by atoms with Crippen LogP contribution >= 0.6 is 0 Å². The zero-order valence-corrected chi connectivity index (χ0v) is 15.7. The summed E-state index contributed by atoms with van der Waals surface area (Å²) >= 11 is 0. The Labute approximate surface area is 163 Å². The van der Waals surface area contributed by atoms with Crippen LogP contribution in [0.25, 0.3) is 11.1 Å². The van der Waals surface area contributed by atoms with Gasteiger partial charge in [0.2, 0.25) is 5.91 Å². The summed E-state index contributed by atoms with van der Waals surface area (Å²) in [5.41, 5.74) is 9.37. The molecule has 2 aromatic carbocycles. The minimum absolute atomic E-state index is 0.0445. The first-order valence-electron chi connectivity index (χ1n) is 8.90. The molecule has 0 aliphatic carbocycles. The number of rotatable bonds is 9. The first-order chi connectivity index (χ1) is 13.4. The summed E-state index contributed by atoms with van der Waals surface area (Å²) in [5, 5.41) is 11.8. The van der Waals surface area contributed by atoms with Gasteiger partial charge in [-0.05, 0) is 35.2 Å². The van der Waals surface area contributed by atoms with Crippen molar-refractivity contribution in [2.24, 2.45) is 0 Å². The fraction of sp³-hybridized carbons (Fsp3) is 0.286. The van der Waals surface area contributed by atoms with Crippen molar-refractivity contribution in [2.45, 2.75) is 31.7 Å².